The Labute approximate surface area is 175 Å². The standard InChI is InChI=1S/C23H23N3O4/c1-29-14-12-26(17-18-7-5-11-24-16-18)23(28)21(15-20-10-6-13-30-20)25-22(27)19-8-3-2-4-9-19/h2-11,13,15-16H,12,14,17H2,1H3,(H,25,27). The van der Waals surface area contributed by atoms with E-state index in [9.17, 15) is 9.59 Å². The van der Waals surface area contributed by atoms with E-state index in [1.165, 1.54) is 12.3 Å². The molecule has 0 saturated heterocycles. The van der Waals surface area contributed by atoms with Gasteiger partial charge in [-0.2, -0.15) is 0 Å². The van der Waals surface area contributed by atoms with Crippen molar-refractivity contribution in [2.24, 2.45) is 0 Å². The topological polar surface area (TPSA) is 84.7 Å². The molecule has 1 N–H and O–H groups in total. The monoisotopic (exact) mass is 405 g/mol. The van der Waals surface area contributed by atoms with Crippen LogP contribution in [0.1, 0.15) is 21.7 Å². The van der Waals surface area contributed by atoms with Gasteiger partial charge in [0, 0.05) is 44.2 Å². The van der Waals surface area contributed by atoms with Gasteiger partial charge in [-0.05, 0) is 35.9 Å². The molecule has 0 saturated carbocycles. The number of hydrogen-bond donors (Lipinski definition) is 1. The van der Waals surface area contributed by atoms with E-state index in [0.29, 0.717) is 31.0 Å². The largest absolute Gasteiger partial charge is 0.465 e. The van der Waals surface area contributed by atoms with Crippen molar-refractivity contribution in [2.45, 2.75) is 6.54 Å². The minimum Gasteiger partial charge on any atom is -0.465 e. The molecule has 7 heteroatoms. The highest BCUT2D eigenvalue weighted by Gasteiger charge is 2.21. The molecule has 3 aromatic rings. The van der Waals surface area contributed by atoms with E-state index in [4.69, 9.17) is 9.15 Å². The second-order valence-electron chi connectivity index (χ2n) is 6.47. The SMILES string of the molecule is COCCN(Cc1cccnc1)C(=O)C(=Cc1ccco1)NC(=O)c1ccccc1. The number of furan rings is 1. The second kappa shape index (κ2) is 10.7. The van der Waals surface area contributed by atoms with Gasteiger partial charge in [-0.1, -0.05) is 24.3 Å². The van der Waals surface area contributed by atoms with Crippen LogP contribution in [-0.2, 0) is 16.1 Å². The number of rotatable bonds is 9. The van der Waals surface area contributed by atoms with Crippen LogP contribution in [0.4, 0.5) is 0 Å². The number of nitrogens with zero attached hydrogens (tertiary/aromatic N) is 2. The molecule has 0 aliphatic carbocycles. The lowest BCUT2D eigenvalue weighted by Gasteiger charge is -2.24. The van der Waals surface area contributed by atoms with Gasteiger partial charge >= 0.3 is 0 Å². The van der Waals surface area contributed by atoms with E-state index in [-0.39, 0.29) is 17.5 Å². The first-order chi connectivity index (χ1) is 14.7. The van der Waals surface area contributed by atoms with Crippen LogP contribution in [0.2, 0.25) is 0 Å². The molecule has 0 unspecified atom stereocenters. The Hall–Kier alpha value is -3.71. The predicted octanol–water partition coefficient (Wildman–Crippen LogP) is 3.12. The lowest BCUT2D eigenvalue weighted by atomic mass is 10.2. The average Bonchev–Trinajstić information content (AvgIpc) is 3.30. The number of nitrogens with one attached hydrogen (secondary N) is 1. The molecule has 0 fully saturated rings. The third kappa shape index (κ3) is 5.89. The summed E-state index contributed by atoms with van der Waals surface area (Å²) in [5, 5.41) is 2.73. The number of carbonyl (C=O) groups excluding carboxylic acids is 2. The second-order valence-corrected chi connectivity index (χ2v) is 6.47. The number of pyridine rings is 1. The van der Waals surface area contributed by atoms with Gasteiger partial charge in [0.15, 0.2) is 0 Å². The van der Waals surface area contributed by atoms with Crippen LogP contribution >= 0.6 is 0 Å². The molecular formula is C23H23N3O4. The minimum atomic E-state index is -0.380. The van der Waals surface area contributed by atoms with Crippen molar-refractivity contribution in [1.29, 1.82) is 0 Å². The van der Waals surface area contributed by atoms with E-state index in [1.54, 1.807) is 60.8 Å². The van der Waals surface area contributed by atoms with Crippen LogP contribution in [0.5, 0.6) is 0 Å². The van der Waals surface area contributed by atoms with Gasteiger partial charge in [0.2, 0.25) is 0 Å². The molecule has 2 aromatic heterocycles. The number of hydrogen-bond acceptors (Lipinski definition) is 5. The van der Waals surface area contributed by atoms with Gasteiger partial charge in [0.25, 0.3) is 11.8 Å². The maximum atomic E-state index is 13.4. The summed E-state index contributed by atoms with van der Waals surface area (Å²) in [7, 11) is 1.57. The lowest BCUT2D eigenvalue weighted by Crippen LogP contribution is -2.39. The molecule has 0 aliphatic heterocycles. The smallest absolute Gasteiger partial charge is 0.270 e. The highest BCUT2D eigenvalue weighted by Crippen LogP contribution is 2.12. The van der Waals surface area contributed by atoms with Crippen molar-refractivity contribution < 1.29 is 18.7 Å². The lowest BCUT2D eigenvalue weighted by molar-refractivity contribution is -0.128. The van der Waals surface area contributed by atoms with E-state index in [2.05, 4.69) is 10.3 Å². The van der Waals surface area contributed by atoms with Crippen molar-refractivity contribution in [2.75, 3.05) is 20.3 Å². The van der Waals surface area contributed by atoms with Gasteiger partial charge < -0.3 is 19.4 Å². The molecule has 1 aromatic carbocycles. The zero-order valence-electron chi connectivity index (χ0n) is 16.7. The summed E-state index contributed by atoms with van der Waals surface area (Å²) in [6.07, 6.45) is 6.40. The average molecular weight is 405 g/mol. The Bertz CT molecular complexity index is 970. The summed E-state index contributed by atoms with van der Waals surface area (Å²) >= 11 is 0. The molecular weight excluding hydrogens is 382 g/mol. The van der Waals surface area contributed by atoms with E-state index >= 15 is 0 Å². The number of carbonyl (C=O) groups is 2. The highest BCUT2D eigenvalue weighted by molar-refractivity contribution is 6.05. The molecule has 0 aliphatic rings. The Morgan fingerprint density at radius 1 is 1.13 bits per heavy atom. The maximum absolute atomic E-state index is 13.4. The zero-order chi connectivity index (χ0) is 21.2. The Morgan fingerprint density at radius 2 is 1.97 bits per heavy atom. The van der Waals surface area contributed by atoms with E-state index in [1.807, 2.05) is 18.2 Å². The number of methoxy groups -OCH3 is 1. The Kier molecular flexibility index (Phi) is 7.51. The molecule has 154 valence electrons. The quantitative estimate of drug-likeness (QED) is 0.553. The van der Waals surface area contributed by atoms with Crippen molar-refractivity contribution in [1.82, 2.24) is 15.2 Å². The van der Waals surface area contributed by atoms with Crippen LogP contribution in [0.15, 0.2) is 83.4 Å². The zero-order valence-corrected chi connectivity index (χ0v) is 16.7. The van der Waals surface area contributed by atoms with Gasteiger partial charge in [-0.3, -0.25) is 14.6 Å². The van der Waals surface area contributed by atoms with E-state index in [0.717, 1.165) is 5.56 Å². The Morgan fingerprint density at radius 3 is 2.63 bits per heavy atom. The highest BCUT2D eigenvalue weighted by atomic mass is 16.5. The van der Waals surface area contributed by atoms with Crippen LogP contribution < -0.4 is 5.32 Å². The number of amides is 2. The summed E-state index contributed by atoms with van der Waals surface area (Å²) in [5.74, 6) is -0.272. The normalized spacial score (nSPS) is 11.2. The summed E-state index contributed by atoms with van der Waals surface area (Å²) in [5.41, 5.74) is 1.43. The van der Waals surface area contributed by atoms with Crippen LogP contribution in [-0.4, -0.2) is 42.0 Å². The molecule has 2 amide bonds. The van der Waals surface area contributed by atoms with Crippen molar-refractivity contribution >= 4 is 17.9 Å². The first kappa shape index (κ1) is 21.0. The van der Waals surface area contributed by atoms with Gasteiger partial charge in [-0.25, -0.2) is 0 Å². The first-order valence-corrected chi connectivity index (χ1v) is 9.46. The summed E-state index contributed by atoms with van der Waals surface area (Å²) in [6.45, 7) is 1.03. The fraction of sp³-hybridized carbons (Fsp3) is 0.174. The number of ether oxygens (including phenoxy) is 1. The van der Waals surface area contributed by atoms with Crippen LogP contribution in [0, 0.1) is 0 Å². The molecule has 30 heavy (non-hydrogen) atoms. The first-order valence-electron chi connectivity index (χ1n) is 9.46. The summed E-state index contributed by atoms with van der Waals surface area (Å²) in [4.78, 5) is 31.8. The molecule has 0 bridgehead atoms. The third-order valence-corrected chi connectivity index (χ3v) is 4.29. The van der Waals surface area contributed by atoms with Gasteiger partial charge in [0.1, 0.15) is 11.5 Å². The number of aromatic nitrogens is 1. The van der Waals surface area contributed by atoms with Crippen molar-refractivity contribution in [3.05, 3.63) is 95.8 Å². The molecule has 0 atom stereocenters. The molecule has 0 radical (unpaired) electrons. The van der Waals surface area contributed by atoms with Crippen molar-refractivity contribution in [3.63, 3.8) is 0 Å². The molecule has 2 heterocycles. The molecule has 7 nitrogen and oxygen atoms in total. The minimum absolute atomic E-state index is 0.110. The van der Waals surface area contributed by atoms with Gasteiger partial charge in [0.05, 0.1) is 12.9 Å². The third-order valence-electron chi connectivity index (χ3n) is 4.29. The maximum Gasteiger partial charge on any atom is 0.270 e. The fourth-order valence-electron chi connectivity index (χ4n) is 2.79. The molecule has 0 spiro atoms. The summed E-state index contributed by atoms with van der Waals surface area (Å²) < 4.78 is 10.5. The fourth-order valence-corrected chi connectivity index (χ4v) is 2.79. The Balaban J connectivity index is 1.87. The van der Waals surface area contributed by atoms with Crippen LogP contribution in [0.3, 0.4) is 0 Å². The van der Waals surface area contributed by atoms with Gasteiger partial charge in [-0.15, -0.1) is 0 Å². The summed E-state index contributed by atoms with van der Waals surface area (Å²) in [6, 6.07) is 15.8. The van der Waals surface area contributed by atoms with Crippen LogP contribution in [0.25, 0.3) is 6.08 Å². The molecule has 3 rings (SSSR count). The number of benzene rings is 1. The van der Waals surface area contributed by atoms with E-state index < -0.39 is 0 Å². The predicted molar refractivity (Wildman–Crippen MR) is 112 cm³/mol. The van der Waals surface area contributed by atoms with Crippen molar-refractivity contribution in [3.8, 4) is 0 Å².